The summed E-state index contributed by atoms with van der Waals surface area (Å²) in [5.74, 6) is -0.0939. The Balaban J connectivity index is 1.92. The van der Waals surface area contributed by atoms with Crippen LogP contribution in [-0.2, 0) is 9.53 Å². The molecule has 2 amide bonds. The van der Waals surface area contributed by atoms with Gasteiger partial charge in [-0.25, -0.2) is 4.79 Å². The Morgan fingerprint density at radius 3 is 2.55 bits per heavy atom. The Morgan fingerprint density at radius 2 is 1.95 bits per heavy atom. The minimum atomic E-state index is -0.405. The summed E-state index contributed by atoms with van der Waals surface area (Å²) < 4.78 is 4.72. The van der Waals surface area contributed by atoms with Gasteiger partial charge >= 0.3 is 12.0 Å². The van der Waals surface area contributed by atoms with Gasteiger partial charge in [0.25, 0.3) is 0 Å². The highest BCUT2D eigenvalue weighted by Gasteiger charge is 2.32. The van der Waals surface area contributed by atoms with Crippen molar-refractivity contribution in [2.75, 3.05) is 20.2 Å². The number of carbonyl (C=O) groups is 2. The van der Waals surface area contributed by atoms with Crippen LogP contribution in [0, 0.1) is 5.92 Å². The van der Waals surface area contributed by atoms with Crippen LogP contribution in [0.2, 0.25) is 0 Å². The first kappa shape index (κ1) is 15.1. The van der Waals surface area contributed by atoms with Gasteiger partial charge in [-0.3, -0.25) is 4.79 Å². The van der Waals surface area contributed by atoms with E-state index in [0.29, 0.717) is 25.6 Å². The van der Waals surface area contributed by atoms with Gasteiger partial charge in [-0.05, 0) is 25.2 Å². The van der Waals surface area contributed by atoms with E-state index in [-0.39, 0.29) is 17.9 Å². The molecule has 0 aromatic carbocycles. The Kier molecular flexibility index (Phi) is 5.23. The highest BCUT2D eigenvalue weighted by Crippen LogP contribution is 2.24. The Bertz CT molecular complexity index is 356. The molecule has 0 aromatic rings. The minimum Gasteiger partial charge on any atom is -0.469 e. The minimum absolute atomic E-state index is 0.127. The average Bonchev–Trinajstić information content (AvgIpc) is 2.91. The smallest absolute Gasteiger partial charge is 0.314 e. The number of piperidine rings is 1. The van der Waals surface area contributed by atoms with Gasteiger partial charge in [-0.1, -0.05) is 12.8 Å². The quantitative estimate of drug-likeness (QED) is 0.749. The second-order valence-electron chi connectivity index (χ2n) is 5.97. The lowest BCUT2D eigenvalue weighted by Crippen LogP contribution is -2.54. The monoisotopic (exact) mass is 283 g/mol. The number of ether oxygens (including phenoxy) is 1. The Labute approximate surface area is 120 Å². The van der Waals surface area contributed by atoms with Crippen LogP contribution in [0.4, 0.5) is 4.79 Å². The maximum Gasteiger partial charge on any atom is 0.314 e. The summed E-state index contributed by atoms with van der Waals surface area (Å²) in [5, 5.41) is 3.62. The molecule has 2 unspecified atom stereocenters. The number of urea groups is 1. The van der Waals surface area contributed by atoms with E-state index in [9.17, 15) is 9.59 Å². The first-order valence-electron chi connectivity index (χ1n) is 7.45. The van der Waals surface area contributed by atoms with E-state index in [1.165, 1.54) is 32.8 Å². The van der Waals surface area contributed by atoms with Crippen molar-refractivity contribution in [3.8, 4) is 0 Å². The summed E-state index contributed by atoms with van der Waals surface area (Å²) in [6, 6.07) is 0.374. The molecule has 2 fully saturated rings. The molecule has 2 aliphatic rings. The van der Waals surface area contributed by atoms with Gasteiger partial charge in [0, 0.05) is 25.2 Å². The molecule has 1 aliphatic carbocycles. The van der Waals surface area contributed by atoms with Gasteiger partial charge in [0.05, 0.1) is 13.5 Å². The molecule has 1 aliphatic heterocycles. The van der Waals surface area contributed by atoms with Crippen molar-refractivity contribution in [2.45, 2.75) is 50.6 Å². The summed E-state index contributed by atoms with van der Waals surface area (Å²) in [5.41, 5.74) is 5.41. The molecule has 1 saturated heterocycles. The molecule has 1 saturated carbocycles. The summed E-state index contributed by atoms with van der Waals surface area (Å²) in [7, 11) is 1.39. The van der Waals surface area contributed by atoms with Crippen molar-refractivity contribution < 1.29 is 14.3 Å². The zero-order chi connectivity index (χ0) is 14.5. The predicted octanol–water partition coefficient (Wildman–Crippen LogP) is 0.851. The van der Waals surface area contributed by atoms with Crippen molar-refractivity contribution in [2.24, 2.45) is 11.7 Å². The van der Waals surface area contributed by atoms with Crippen molar-refractivity contribution in [1.82, 2.24) is 10.2 Å². The van der Waals surface area contributed by atoms with E-state index < -0.39 is 6.03 Å². The van der Waals surface area contributed by atoms with Gasteiger partial charge in [-0.2, -0.15) is 0 Å². The van der Waals surface area contributed by atoms with Crippen LogP contribution in [0.3, 0.4) is 0 Å². The number of nitrogens with one attached hydrogen (secondary N) is 1. The van der Waals surface area contributed by atoms with E-state index in [0.717, 1.165) is 6.42 Å². The Morgan fingerprint density at radius 1 is 1.25 bits per heavy atom. The van der Waals surface area contributed by atoms with Gasteiger partial charge in [-0.15, -0.1) is 0 Å². The number of amides is 2. The molecule has 20 heavy (non-hydrogen) atoms. The Hall–Kier alpha value is -1.30. The number of carbonyl (C=O) groups excluding carboxylic acids is 2. The highest BCUT2D eigenvalue weighted by atomic mass is 16.5. The number of nitrogens with zero attached hydrogens (tertiary/aromatic N) is 1. The lowest BCUT2D eigenvalue weighted by molar-refractivity contribution is -0.142. The molecule has 114 valence electrons. The molecule has 1 heterocycles. The molecule has 2 atom stereocenters. The summed E-state index contributed by atoms with van der Waals surface area (Å²) in [4.78, 5) is 24.5. The van der Waals surface area contributed by atoms with Crippen LogP contribution in [0.5, 0.6) is 0 Å². The lowest BCUT2D eigenvalue weighted by Gasteiger charge is -2.38. The van der Waals surface area contributed by atoms with Crippen LogP contribution in [0.1, 0.15) is 38.5 Å². The van der Waals surface area contributed by atoms with E-state index in [4.69, 9.17) is 10.5 Å². The molecule has 0 radical (unpaired) electrons. The van der Waals surface area contributed by atoms with Gasteiger partial charge in [0.2, 0.25) is 0 Å². The normalized spacial score (nSPS) is 27.6. The summed E-state index contributed by atoms with van der Waals surface area (Å²) >= 11 is 0. The zero-order valence-electron chi connectivity index (χ0n) is 12.1. The number of likely N-dealkylation sites (tertiary alicyclic amines) is 1. The number of primary amides is 1. The number of methoxy groups -OCH3 is 1. The maximum absolute atomic E-state index is 11.4. The first-order chi connectivity index (χ1) is 9.58. The standard InChI is InChI=1S/C14H25N3O3/c1-20-13(18)7-10-6-12(9-17(8-10)14(15)19)16-11-4-2-3-5-11/h10-12,16H,2-9H2,1H3,(H2,15,19). The van der Waals surface area contributed by atoms with Crippen molar-refractivity contribution >= 4 is 12.0 Å². The number of esters is 1. The molecule has 3 N–H and O–H groups in total. The maximum atomic E-state index is 11.4. The van der Waals surface area contributed by atoms with Gasteiger partial charge < -0.3 is 20.7 Å². The van der Waals surface area contributed by atoms with Crippen molar-refractivity contribution in [3.05, 3.63) is 0 Å². The summed E-state index contributed by atoms with van der Waals surface area (Å²) in [6.45, 7) is 1.19. The molecule has 0 bridgehead atoms. The molecule has 0 aromatic heterocycles. The fraction of sp³-hybridized carbons (Fsp3) is 0.857. The third-order valence-electron chi connectivity index (χ3n) is 4.36. The molecular formula is C14H25N3O3. The van der Waals surface area contributed by atoms with E-state index >= 15 is 0 Å². The van der Waals surface area contributed by atoms with Crippen LogP contribution in [-0.4, -0.2) is 49.2 Å². The SMILES string of the molecule is COC(=O)CC1CC(NC2CCCC2)CN(C(N)=O)C1. The molecule has 0 spiro atoms. The van der Waals surface area contributed by atoms with Crippen molar-refractivity contribution in [1.29, 1.82) is 0 Å². The summed E-state index contributed by atoms with van der Waals surface area (Å²) in [6.07, 6.45) is 6.20. The number of hydrogen-bond acceptors (Lipinski definition) is 4. The van der Waals surface area contributed by atoms with Crippen LogP contribution >= 0.6 is 0 Å². The number of hydrogen-bond donors (Lipinski definition) is 2. The topological polar surface area (TPSA) is 84.7 Å². The van der Waals surface area contributed by atoms with Crippen LogP contribution in [0.25, 0.3) is 0 Å². The second-order valence-corrected chi connectivity index (χ2v) is 5.97. The molecule has 6 nitrogen and oxygen atoms in total. The highest BCUT2D eigenvalue weighted by molar-refractivity contribution is 5.73. The van der Waals surface area contributed by atoms with E-state index in [1.54, 1.807) is 4.90 Å². The fourth-order valence-corrected chi connectivity index (χ4v) is 3.40. The van der Waals surface area contributed by atoms with Crippen LogP contribution < -0.4 is 11.1 Å². The fourth-order valence-electron chi connectivity index (χ4n) is 3.40. The predicted molar refractivity (Wildman–Crippen MR) is 75.1 cm³/mol. The average molecular weight is 283 g/mol. The number of rotatable bonds is 4. The third kappa shape index (κ3) is 4.10. The molecular weight excluding hydrogens is 258 g/mol. The second kappa shape index (κ2) is 6.92. The molecule has 2 rings (SSSR count). The van der Waals surface area contributed by atoms with Crippen LogP contribution in [0.15, 0.2) is 0 Å². The zero-order valence-corrected chi connectivity index (χ0v) is 12.1. The van der Waals surface area contributed by atoms with E-state index in [2.05, 4.69) is 5.32 Å². The first-order valence-corrected chi connectivity index (χ1v) is 7.45. The molecule has 6 heteroatoms. The largest absolute Gasteiger partial charge is 0.469 e. The number of nitrogens with two attached hydrogens (primary N) is 1. The van der Waals surface area contributed by atoms with Gasteiger partial charge in [0.15, 0.2) is 0 Å². The lowest BCUT2D eigenvalue weighted by atomic mass is 9.91. The van der Waals surface area contributed by atoms with Gasteiger partial charge in [0.1, 0.15) is 0 Å². The van der Waals surface area contributed by atoms with E-state index in [1.807, 2.05) is 0 Å². The van der Waals surface area contributed by atoms with Crippen molar-refractivity contribution in [3.63, 3.8) is 0 Å². The third-order valence-corrected chi connectivity index (χ3v) is 4.36.